The zero-order chi connectivity index (χ0) is 13.1. The lowest BCUT2D eigenvalue weighted by molar-refractivity contribution is -0.141. The largest absolute Gasteiger partial charge is 0.462 e. The van der Waals surface area contributed by atoms with Crippen molar-refractivity contribution < 1.29 is 22.7 Å². The molecule has 0 atom stereocenters. The van der Waals surface area contributed by atoms with Crippen molar-refractivity contribution in [2.24, 2.45) is 0 Å². The molecule has 1 aromatic carbocycles. The summed E-state index contributed by atoms with van der Waals surface area (Å²) in [6.07, 6.45) is -5.48. The number of rotatable bonds is 3. The van der Waals surface area contributed by atoms with Gasteiger partial charge in [-0.1, -0.05) is 6.07 Å². The molecule has 0 spiro atoms. The van der Waals surface area contributed by atoms with Gasteiger partial charge in [-0.15, -0.1) is 0 Å². The summed E-state index contributed by atoms with van der Waals surface area (Å²) in [6, 6.07) is 4.45. The maximum absolute atomic E-state index is 11.8. The first-order chi connectivity index (χ1) is 7.79. The molecule has 94 valence electrons. The number of nitrogen functional groups attached to an aromatic ring is 1. The van der Waals surface area contributed by atoms with Crippen LogP contribution in [0.15, 0.2) is 18.2 Å². The van der Waals surface area contributed by atoms with E-state index >= 15 is 0 Å². The summed E-state index contributed by atoms with van der Waals surface area (Å²) < 4.78 is 39.9. The number of nitrogens with two attached hydrogens (primary N) is 1. The number of carbonyl (C=O) groups is 1. The van der Waals surface area contributed by atoms with Gasteiger partial charge in [0.05, 0.1) is 12.0 Å². The molecule has 0 aliphatic rings. The van der Waals surface area contributed by atoms with Crippen LogP contribution in [0.3, 0.4) is 0 Å². The fourth-order valence-corrected chi connectivity index (χ4v) is 1.11. The second kappa shape index (κ2) is 5.07. The Morgan fingerprint density at radius 1 is 1.41 bits per heavy atom. The molecular formula is C11H12F3NO2. The van der Waals surface area contributed by atoms with Gasteiger partial charge < -0.3 is 10.5 Å². The molecule has 0 aliphatic heterocycles. The Hall–Kier alpha value is -1.72. The maximum atomic E-state index is 11.8. The van der Waals surface area contributed by atoms with Crippen LogP contribution in [-0.2, 0) is 4.74 Å². The molecule has 2 N–H and O–H groups in total. The number of benzene rings is 1. The summed E-state index contributed by atoms with van der Waals surface area (Å²) in [5, 5.41) is 0. The van der Waals surface area contributed by atoms with Crippen molar-refractivity contribution in [1.82, 2.24) is 0 Å². The van der Waals surface area contributed by atoms with Crippen LogP contribution in [0.4, 0.5) is 18.9 Å². The molecule has 0 amide bonds. The number of carbonyl (C=O) groups excluding carboxylic acids is 1. The van der Waals surface area contributed by atoms with Gasteiger partial charge >= 0.3 is 12.1 Å². The monoisotopic (exact) mass is 247 g/mol. The van der Waals surface area contributed by atoms with Crippen LogP contribution in [0, 0.1) is 6.92 Å². The molecule has 0 aliphatic carbocycles. The molecule has 1 rings (SSSR count). The summed E-state index contributed by atoms with van der Waals surface area (Å²) in [7, 11) is 0. The van der Waals surface area contributed by atoms with Gasteiger partial charge in [0, 0.05) is 5.69 Å². The van der Waals surface area contributed by atoms with Gasteiger partial charge in [0.1, 0.15) is 6.61 Å². The topological polar surface area (TPSA) is 52.3 Å². The Bertz CT molecular complexity index is 416. The van der Waals surface area contributed by atoms with E-state index in [9.17, 15) is 18.0 Å². The van der Waals surface area contributed by atoms with E-state index in [0.29, 0.717) is 5.69 Å². The third kappa shape index (κ3) is 4.34. The summed E-state index contributed by atoms with van der Waals surface area (Å²) in [4.78, 5) is 11.3. The average molecular weight is 247 g/mol. The number of alkyl halides is 3. The van der Waals surface area contributed by atoms with Crippen molar-refractivity contribution in [3.8, 4) is 0 Å². The lowest BCUT2D eigenvalue weighted by Gasteiger charge is -2.08. The average Bonchev–Trinajstić information content (AvgIpc) is 2.20. The van der Waals surface area contributed by atoms with Gasteiger partial charge in [-0.25, -0.2) is 4.79 Å². The van der Waals surface area contributed by atoms with E-state index in [1.807, 2.05) is 0 Å². The highest BCUT2D eigenvalue weighted by Crippen LogP contribution is 2.19. The Morgan fingerprint density at radius 2 is 2.06 bits per heavy atom. The second-order valence-electron chi connectivity index (χ2n) is 3.57. The molecule has 1 aromatic rings. The highest BCUT2D eigenvalue weighted by Gasteiger charge is 2.27. The third-order valence-electron chi connectivity index (χ3n) is 2.13. The predicted octanol–water partition coefficient (Wildman–Crippen LogP) is 2.69. The minimum Gasteiger partial charge on any atom is -0.462 e. The van der Waals surface area contributed by atoms with Crippen molar-refractivity contribution >= 4 is 11.7 Å². The number of hydrogen-bond donors (Lipinski definition) is 1. The minimum atomic E-state index is -4.33. The quantitative estimate of drug-likeness (QED) is 0.660. The molecule has 0 aromatic heterocycles. The fourth-order valence-electron chi connectivity index (χ4n) is 1.11. The van der Waals surface area contributed by atoms with Crippen molar-refractivity contribution in [1.29, 1.82) is 0 Å². The Morgan fingerprint density at radius 3 is 2.59 bits per heavy atom. The van der Waals surface area contributed by atoms with Gasteiger partial charge in [-0.05, 0) is 24.6 Å². The fraction of sp³-hybridized carbons (Fsp3) is 0.364. The lowest BCUT2D eigenvalue weighted by Crippen LogP contribution is -2.14. The normalized spacial score (nSPS) is 11.3. The third-order valence-corrected chi connectivity index (χ3v) is 2.13. The second-order valence-corrected chi connectivity index (χ2v) is 3.57. The lowest BCUT2D eigenvalue weighted by atomic mass is 10.1. The van der Waals surface area contributed by atoms with E-state index in [2.05, 4.69) is 4.74 Å². The molecule has 17 heavy (non-hydrogen) atoms. The standard InChI is InChI=1S/C11H12F3NO2/c1-7-2-3-8(6-9(7)15)10(16)17-5-4-11(12,13)14/h2-3,6H,4-5,15H2,1H3. The number of anilines is 1. The van der Waals surface area contributed by atoms with Crippen molar-refractivity contribution in [2.45, 2.75) is 19.5 Å². The minimum absolute atomic E-state index is 0.148. The van der Waals surface area contributed by atoms with Crippen LogP contribution in [0.25, 0.3) is 0 Å². The zero-order valence-corrected chi connectivity index (χ0v) is 9.17. The molecule has 0 saturated carbocycles. The van der Waals surface area contributed by atoms with Crippen LogP contribution in [0.5, 0.6) is 0 Å². The number of esters is 1. The Balaban J connectivity index is 2.56. The zero-order valence-electron chi connectivity index (χ0n) is 9.17. The van der Waals surface area contributed by atoms with Crippen LogP contribution in [-0.4, -0.2) is 18.8 Å². The number of halogens is 3. The molecule has 6 heteroatoms. The highest BCUT2D eigenvalue weighted by atomic mass is 19.4. The van der Waals surface area contributed by atoms with Crippen LogP contribution < -0.4 is 5.73 Å². The smallest absolute Gasteiger partial charge is 0.392 e. The van der Waals surface area contributed by atoms with Crippen molar-refractivity contribution in [2.75, 3.05) is 12.3 Å². The molecule has 0 saturated heterocycles. The van der Waals surface area contributed by atoms with Crippen molar-refractivity contribution in [3.63, 3.8) is 0 Å². The molecule has 0 bridgehead atoms. The van der Waals surface area contributed by atoms with Gasteiger partial charge in [-0.3, -0.25) is 0 Å². The summed E-state index contributed by atoms with van der Waals surface area (Å²) in [5.74, 6) is -0.805. The number of hydrogen-bond acceptors (Lipinski definition) is 3. The Labute approximate surface area is 96.4 Å². The molecule has 0 fully saturated rings. The highest BCUT2D eigenvalue weighted by molar-refractivity contribution is 5.90. The number of ether oxygens (including phenoxy) is 1. The van der Waals surface area contributed by atoms with E-state index in [4.69, 9.17) is 5.73 Å². The van der Waals surface area contributed by atoms with Crippen molar-refractivity contribution in [3.05, 3.63) is 29.3 Å². The molecule has 3 nitrogen and oxygen atoms in total. The van der Waals surface area contributed by atoms with Crippen LogP contribution in [0.1, 0.15) is 22.3 Å². The van der Waals surface area contributed by atoms with E-state index in [1.54, 1.807) is 13.0 Å². The molecule has 0 unspecified atom stereocenters. The SMILES string of the molecule is Cc1ccc(C(=O)OCCC(F)(F)F)cc1N. The Kier molecular flexibility index (Phi) is 3.98. The van der Waals surface area contributed by atoms with Crippen LogP contribution in [0.2, 0.25) is 0 Å². The van der Waals surface area contributed by atoms with E-state index < -0.39 is 25.2 Å². The molecule has 0 radical (unpaired) electrons. The summed E-state index contributed by atoms with van der Waals surface area (Å²) in [6.45, 7) is 1.07. The first-order valence-electron chi connectivity index (χ1n) is 4.89. The maximum Gasteiger partial charge on any atom is 0.392 e. The molecule has 0 heterocycles. The van der Waals surface area contributed by atoms with Crippen LogP contribution >= 0.6 is 0 Å². The first kappa shape index (κ1) is 13.3. The van der Waals surface area contributed by atoms with Gasteiger partial charge in [-0.2, -0.15) is 13.2 Å². The van der Waals surface area contributed by atoms with E-state index in [-0.39, 0.29) is 5.56 Å². The van der Waals surface area contributed by atoms with E-state index in [1.165, 1.54) is 12.1 Å². The summed E-state index contributed by atoms with van der Waals surface area (Å²) in [5.41, 5.74) is 6.90. The van der Waals surface area contributed by atoms with Gasteiger partial charge in [0.15, 0.2) is 0 Å². The predicted molar refractivity (Wildman–Crippen MR) is 56.5 cm³/mol. The van der Waals surface area contributed by atoms with Gasteiger partial charge in [0.2, 0.25) is 0 Å². The summed E-state index contributed by atoms with van der Waals surface area (Å²) >= 11 is 0. The number of aryl methyl sites for hydroxylation is 1. The van der Waals surface area contributed by atoms with Gasteiger partial charge in [0.25, 0.3) is 0 Å². The molecular weight excluding hydrogens is 235 g/mol. The van der Waals surface area contributed by atoms with E-state index in [0.717, 1.165) is 5.56 Å². The first-order valence-corrected chi connectivity index (χ1v) is 4.89.